The molecule has 2 aromatic heterocycles. The zero-order valence-electron chi connectivity index (χ0n) is 11.8. The van der Waals surface area contributed by atoms with Crippen molar-refractivity contribution in [3.05, 3.63) is 54.9 Å². The molecule has 0 spiro atoms. The van der Waals surface area contributed by atoms with Crippen molar-refractivity contribution < 1.29 is 13.9 Å². The second-order valence-corrected chi connectivity index (χ2v) is 4.73. The first-order valence-electron chi connectivity index (χ1n) is 6.79. The molecule has 0 N–H and O–H groups in total. The number of hydrogen-bond acceptors (Lipinski definition) is 5. The van der Waals surface area contributed by atoms with Gasteiger partial charge in [0.15, 0.2) is 0 Å². The Morgan fingerprint density at radius 3 is 2.50 bits per heavy atom. The molecule has 4 rings (SSSR count). The normalized spacial score (nSPS) is 11.0. The lowest BCUT2D eigenvalue weighted by Gasteiger charge is -2.05. The van der Waals surface area contributed by atoms with Crippen LogP contribution in [0.15, 0.2) is 59.3 Å². The Bertz CT molecular complexity index is 945. The van der Waals surface area contributed by atoms with Gasteiger partial charge in [-0.2, -0.15) is 4.98 Å². The van der Waals surface area contributed by atoms with E-state index in [4.69, 9.17) is 13.9 Å². The SMILES string of the molecule is COc1ccc(Oc2ncnc3c2oc2ccccc23)cc1. The van der Waals surface area contributed by atoms with E-state index in [9.17, 15) is 0 Å². The zero-order valence-corrected chi connectivity index (χ0v) is 11.8. The summed E-state index contributed by atoms with van der Waals surface area (Å²) in [5.74, 6) is 1.82. The summed E-state index contributed by atoms with van der Waals surface area (Å²) in [5, 5.41) is 0.944. The van der Waals surface area contributed by atoms with Crippen LogP contribution in [0.25, 0.3) is 22.1 Å². The van der Waals surface area contributed by atoms with Gasteiger partial charge in [-0.15, -0.1) is 0 Å². The molecule has 0 fully saturated rings. The predicted octanol–water partition coefficient (Wildman–Crippen LogP) is 4.18. The average Bonchev–Trinajstić information content (AvgIpc) is 2.95. The van der Waals surface area contributed by atoms with E-state index in [1.54, 1.807) is 7.11 Å². The van der Waals surface area contributed by atoms with Gasteiger partial charge in [0.2, 0.25) is 5.58 Å². The highest BCUT2D eigenvalue weighted by molar-refractivity contribution is 6.03. The van der Waals surface area contributed by atoms with Crippen LogP contribution in [0.4, 0.5) is 0 Å². The zero-order chi connectivity index (χ0) is 14.9. The number of methoxy groups -OCH3 is 1. The van der Waals surface area contributed by atoms with Crippen LogP contribution in [0.2, 0.25) is 0 Å². The summed E-state index contributed by atoms with van der Waals surface area (Å²) in [4.78, 5) is 8.48. The van der Waals surface area contributed by atoms with Crippen LogP contribution in [0, 0.1) is 0 Å². The molecule has 0 saturated carbocycles. The van der Waals surface area contributed by atoms with Gasteiger partial charge in [-0.3, -0.25) is 0 Å². The van der Waals surface area contributed by atoms with Crippen molar-refractivity contribution in [1.82, 2.24) is 9.97 Å². The molecule has 22 heavy (non-hydrogen) atoms. The molecule has 0 aliphatic carbocycles. The highest BCUT2D eigenvalue weighted by atomic mass is 16.5. The third-order valence-corrected chi connectivity index (χ3v) is 3.40. The van der Waals surface area contributed by atoms with E-state index in [1.807, 2.05) is 48.5 Å². The van der Waals surface area contributed by atoms with E-state index in [1.165, 1.54) is 6.33 Å². The smallest absolute Gasteiger partial charge is 0.267 e. The number of fused-ring (bicyclic) bond motifs is 3. The van der Waals surface area contributed by atoms with E-state index >= 15 is 0 Å². The molecular formula is C17H12N2O3. The fraction of sp³-hybridized carbons (Fsp3) is 0.0588. The van der Waals surface area contributed by atoms with Crippen LogP contribution in [0.1, 0.15) is 0 Å². The first-order chi connectivity index (χ1) is 10.8. The van der Waals surface area contributed by atoms with Gasteiger partial charge in [0.1, 0.15) is 28.9 Å². The summed E-state index contributed by atoms with van der Waals surface area (Å²) in [5.41, 5.74) is 2.05. The number of nitrogens with zero attached hydrogens (tertiary/aromatic N) is 2. The second kappa shape index (κ2) is 5.04. The number of para-hydroxylation sites is 1. The summed E-state index contributed by atoms with van der Waals surface area (Å²) in [6, 6.07) is 15.0. The van der Waals surface area contributed by atoms with Crippen LogP contribution in [0.5, 0.6) is 17.4 Å². The molecule has 0 bridgehead atoms. The molecule has 108 valence electrons. The van der Waals surface area contributed by atoms with Crippen molar-refractivity contribution in [2.75, 3.05) is 7.11 Å². The topological polar surface area (TPSA) is 57.4 Å². The monoisotopic (exact) mass is 292 g/mol. The standard InChI is InChI=1S/C17H12N2O3/c1-20-11-6-8-12(9-7-11)21-17-16-15(18-10-19-17)13-4-2-3-5-14(13)22-16/h2-10H,1H3. The van der Waals surface area contributed by atoms with E-state index in [0.29, 0.717) is 17.2 Å². The largest absolute Gasteiger partial charge is 0.497 e. The van der Waals surface area contributed by atoms with Crippen molar-refractivity contribution in [1.29, 1.82) is 0 Å². The first kappa shape index (κ1) is 12.6. The average molecular weight is 292 g/mol. The number of benzene rings is 2. The van der Waals surface area contributed by atoms with Crippen molar-refractivity contribution in [3.8, 4) is 17.4 Å². The van der Waals surface area contributed by atoms with Crippen LogP contribution >= 0.6 is 0 Å². The maximum absolute atomic E-state index is 5.83. The van der Waals surface area contributed by atoms with Crippen molar-refractivity contribution >= 4 is 22.1 Å². The number of ether oxygens (including phenoxy) is 2. The Balaban J connectivity index is 1.80. The number of rotatable bonds is 3. The lowest BCUT2D eigenvalue weighted by Crippen LogP contribution is -1.90. The maximum Gasteiger partial charge on any atom is 0.267 e. The van der Waals surface area contributed by atoms with Crippen molar-refractivity contribution in [2.45, 2.75) is 0 Å². The molecular weight excluding hydrogens is 280 g/mol. The highest BCUT2D eigenvalue weighted by Gasteiger charge is 2.14. The molecule has 0 unspecified atom stereocenters. The van der Waals surface area contributed by atoms with E-state index in [2.05, 4.69) is 9.97 Å². The molecule has 0 atom stereocenters. The minimum Gasteiger partial charge on any atom is -0.497 e. The molecule has 4 aromatic rings. The summed E-state index contributed by atoms with van der Waals surface area (Å²) in [6.45, 7) is 0. The molecule has 0 radical (unpaired) electrons. The van der Waals surface area contributed by atoms with Gasteiger partial charge in [0, 0.05) is 5.39 Å². The Morgan fingerprint density at radius 2 is 1.68 bits per heavy atom. The van der Waals surface area contributed by atoms with Crippen LogP contribution in [-0.2, 0) is 0 Å². The van der Waals surface area contributed by atoms with E-state index in [0.717, 1.165) is 22.2 Å². The Hall–Kier alpha value is -3.08. The Morgan fingerprint density at radius 1 is 0.909 bits per heavy atom. The number of aromatic nitrogens is 2. The maximum atomic E-state index is 5.83. The minimum absolute atomic E-state index is 0.395. The van der Waals surface area contributed by atoms with Crippen LogP contribution < -0.4 is 9.47 Å². The molecule has 2 aromatic carbocycles. The first-order valence-corrected chi connectivity index (χ1v) is 6.79. The summed E-state index contributed by atoms with van der Waals surface area (Å²) >= 11 is 0. The summed E-state index contributed by atoms with van der Waals surface area (Å²) in [6.07, 6.45) is 1.48. The van der Waals surface area contributed by atoms with E-state index in [-0.39, 0.29) is 0 Å². The van der Waals surface area contributed by atoms with Gasteiger partial charge in [-0.05, 0) is 36.4 Å². The van der Waals surface area contributed by atoms with Gasteiger partial charge in [-0.25, -0.2) is 4.98 Å². The quantitative estimate of drug-likeness (QED) is 0.567. The predicted molar refractivity (Wildman–Crippen MR) is 82.4 cm³/mol. The molecule has 5 heteroatoms. The van der Waals surface area contributed by atoms with Crippen LogP contribution in [0.3, 0.4) is 0 Å². The summed E-state index contributed by atoms with van der Waals surface area (Å²) < 4.78 is 16.8. The minimum atomic E-state index is 0.395. The van der Waals surface area contributed by atoms with Gasteiger partial charge in [-0.1, -0.05) is 12.1 Å². The lowest BCUT2D eigenvalue weighted by atomic mass is 10.2. The molecule has 0 amide bonds. The molecule has 5 nitrogen and oxygen atoms in total. The van der Waals surface area contributed by atoms with Crippen LogP contribution in [-0.4, -0.2) is 17.1 Å². The third-order valence-electron chi connectivity index (χ3n) is 3.40. The highest BCUT2D eigenvalue weighted by Crippen LogP contribution is 2.33. The summed E-state index contributed by atoms with van der Waals surface area (Å²) in [7, 11) is 1.62. The van der Waals surface area contributed by atoms with Gasteiger partial charge in [0.05, 0.1) is 7.11 Å². The van der Waals surface area contributed by atoms with Gasteiger partial charge >= 0.3 is 0 Å². The van der Waals surface area contributed by atoms with Gasteiger partial charge in [0.25, 0.3) is 5.88 Å². The van der Waals surface area contributed by atoms with Crippen molar-refractivity contribution in [2.24, 2.45) is 0 Å². The second-order valence-electron chi connectivity index (χ2n) is 4.73. The molecule has 0 aliphatic rings. The lowest BCUT2D eigenvalue weighted by molar-refractivity contribution is 0.412. The number of hydrogen-bond donors (Lipinski definition) is 0. The molecule has 2 heterocycles. The molecule has 0 aliphatic heterocycles. The van der Waals surface area contributed by atoms with E-state index < -0.39 is 0 Å². The fourth-order valence-electron chi connectivity index (χ4n) is 2.33. The molecule has 0 saturated heterocycles. The van der Waals surface area contributed by atoms with Crippen molar-refractivity contribution in [3.63, 3.8) is 0 Å². The number of furan rings is 1. The Labute approximate surface area is 126 Å². The van der Waals surface area contributed by atoms with Gasteiger partial charge < -0.3 is 13.9 Å². The third kappa shape index (κ3) is 2.03. The Kier molecular flexibility index (Phi) is 2.89. The fourth-order valence-corrected chi connectivity index (χ4v) is 2.33.